The van der Waals surface area contributed by atoms with Gasteiger partial charge in [-0.25, -0.2) is 0 Å². The lowest BCUT2D eigenvalue weighted by Crippen LogP contribution is -2.27. The van der Waals surface area contributed by atoms with Crippen molar-refractivity contribution in [1.29, 1.82) is 0 Å². The maximum Gasteiger partial charge on any atom is 0.196 e. The summed E-state index contributed by atoms with van der Waals surface area (Å²) in [6, 6.07) is 7.52. The van der Waals surface area contributed by atoms with Crippen LogP contribution in [0, 0.1) is 0 Å². The van der Waals surface area contributed by atoms with Gasteiger partial charge in [-0.05, 0) is 12.1 Å². The Balaban J connectivity index is 2.31. The first-order valence-corrected chi connectivity index (χ1v) is 5.78. The van der Waals surface area contributed by atoms with Gasteiger partial charge in [-0.15, -0.1) is 11.6 Å². The summed E-state index contributed by atoms with van der Waals surface area (Å²) in [5, 5.41) is 0.681. The summed E-state index contributed by atoms with van der Waals surface area (Å²) in [5.41, 5.74) is 0.938. The average molecular weight is 247 g/mol. The van der Waals surface area contributed by atoms with Crippen LogP contribution in [0.25, 0.3) is 0 Å². The molecule has 1 heterocycles. The second-order valence-electron chi connectivity index (χ2n) is 3.40. The second kappa shape index (κ2) is 4.71. The van der Waals surface area contributed by atoms with Gasteiger partial charge in [-0.1, -0.05) is 23.7 Å². The third-order valence-corrected chi connectivity index (χ3v) is 2.87. The van der Waals surface area contributed by atoms with E-state index in [0.717, 1.165) is 5.56 Å². The maximum atomic E-state index is 5.94. The highest BCUT2D eigenvalue weighted by Crippen LogP contribution is 2.36. The van der Waals surface area contributed by atoms with Crippen LogP contribution in [-0.4, -0.2) is 19.1 Å². The Bertz CT molecular complexity index is 335. The third kappa shape index (κ3) is 2.28. The topological polar surface area (TPSA) is 18.5 Å². The lowest BCUT2D eigenvalue weighted by Gasteiger charge is -2.27. The number of alkyl halides is 1. The molecule has 0 N–H and O–H groups in total. The highest BCUT2D eigenvalue weighted by atomic mass is 35.5. The standard InChI is InChI=1S/C11H12Cl2O2/c12-5-4-11(14-6-7-15-11)9-2-1-3-10(13)8-9/h1-3,8H,4-7H2. The molecule has 2 rings (SSSR count). The largest absolute Gasteiger partial charge is 0.343 e. The molecule has 0 saturated carbocycles. The Morgan fingerprint density at radius 3 is 2.60 bits per heavy atom. The summed E-state index contributed by atoms with van der Waals surface area (Å²) in [5.74, 6) is -0.195. The van der Waals surface area contributed by atoms with E-state index in [0.29, 0.717) is 30.5 Å². The van der Waals surface area contributed by atoms with Gasteiger partial charge in [0.25, 0.3) is 0 Å². The minimum atomic E-state index is -0.688. The van der Waals surface area contributed by atoms with Crippen LogP contribution in [-0.2, 0) is 15.3 Å². The van der Waals surface area contributed by atoms with Gasteiger partial charge in [0, 0.05) is 22.9 Å². The van der Waals surface area contributed by atoms with Crippen LogP contribution in [0.15, 0.2) is 24.3 Å². The van der Waals surface area contributed by atoms with Crippen molar-refractivity contribution in [3.63, 3.8) is 0 Å². The van der Waals surface area contributed by atoms with Crippen molar-refractivity contribution in [2.24, 2.45) is 0 Å². The Morgan fingerprint density at radius 1 is 1.27 bits per heavy atom. The van der Waals surface area contributed by atoms with Crippen LogP contribution in [0.1, 0.15) is 12.0 Å². The first kappa shape index (κ1) is 11.2. The zero-order chi connectivity index (χ0) is 10.7. The normalized spacial score (nSPS) is 19.3. The SMILES string of the molecule is ClCCC1(c2cccc(Cl)c2)OCCO1. The summed E-state index contributed by atoms with van der Waals surface area (Å²) < 4.78 is 11.3. The summed E-state index contributed by atoms with van der Waals surface area (Å²) in [6.07, 6.45) is 0.634. The smallest absolute Gasteiger partial charge is 0.196 e. The highest BCUT2D eigenvalue weighted by molar-refractivity contribution is 6.30. The number of hydrogen-bond donors (Lipinski definition) is 0. The molecular formula is C11H12Cl2O2. The first-order valence-electron chi connectivity index (χ1n) is 4.87. The van der Waals surface area contributed by atoms with Crippen molar-refractivity contribution in [2.45, 2.75) is 12.2 Å². The average Bonchev–Trinajstić information content (AvgIpc) is 2.68. The summed E-state index contributed by atoms with van der Waals surface area (Å²) in [4.78, 5) is 0. The molecule has 1 saturated heterocycles. The van der Waals surface area contributed by atoms with Crippen LogP contribution >= 0.6 is 23.2 Å². The number of halogens is 2. The Kier molecular flexibility index (Phi) is 3.52. The summed E-state index contributed by atoms with van der Waals surface area (Å²) >= 11 is 11.7. The fourth-order valence-corrected chi connectivity index (χ4v) is 2.20. The van der Waals surface area contributed by atoms with E-state index in [1.165, 1.54) is 0 Å². The summed E-state index contributed by atoms with van der Waals surface area (Å²) in [6.45, 7) is 1.20. The summed E-state index contributed by atoms with van der Waals surface area (Å²) in [7, 11) is 0. The first-order chi connectivity index (χ1) is 7.27. The predicted molar refractivity (Wildman–Crippen MR) is 60.4 cm³/mol. The molecule has 0 aromatic heterocycles. The van der Waals surface area contributed by atoms with E-state index in [1.54, 1.807) is 0 Å². The van der Waals surface area contributed by atoms with E-state index >= 15 is 0 Å². The van der Waals surface area contributed by atoms with Crippen molar-refractivity contribution in [2.75, 3.05) is 19.1 Å². The van der Waals surface area contributed by atoms with Crippen molar-refractivity contribution >= 4 is 23.2 Å². The molecule has 1 aromatic rings. The van der Waals surface area contributed by atoms with E-state index < -0.39 is 5.79 Å². The van der Waals surface area contributed by atoms with Gasteiger partial charge in [-0.3, -0.25) is 0 Å². The number of rotatable bonds is 3. The molecular weight excluding hydrogens is 235 g/mol. The van der Waals surface area contributed by atoms with Gasteiger partial charge >= 0.3 is 0 Å². The van der Waals surface area contributed by atoms with Crippen LogP contribution in [0.3, 0.4) is 0 Å². The Hall–Kier alpha value is -0.280. The molecule has 82 valence electrons. The quantitative estimate of drug-likeness (QED) is 0.764. The van der Waals surface area contributed by atoms with Crippen LogP contribution in [0.4, 0.5) is 0 Å². The molecule has 0 radical (unpaired) electrons. The molecule has 1 fully saturated rings. The molecule has 1 aromatic carbocycles. The minimum Gasteiger partial charge on any atom is -0.343 e. The number of hydrogen-bond acceptors (Lipinski definition) is 2. The van der Waals surface area contributed by atoms with Gasteiger partial charge in [0.1, 0.15) is 0 Å². The van der Waals surface area contributed by atoms with E-state index in [2.05, 4.69) is 0 Å². The molecule has 1 aliphatic heterocycles. The molecule has 0 amide bonds. The lowest BCUT2D eigenvalue weighted by molar-refractivity contribution is -0.166. The molecule has 0 bridgehead atoms. The molecule has 0 spiro atoms. The molecule has 1 aliphatic rings. The number of ether oxygens (including phenoxy) is 2. The fraction of sp³-hybridized carbons (Fsp3) is 0.455. The Labute approximate surface area is 99.1 Å². The van der Waals surface area contributed by atoms with Gasteiger partial charge in [0.05, 0.1) is 13.2 Å². The van der Waals surface area contributed by atoms with Crippen LogP contribution in [0.2, 0.25) is 5.02 Å². The minimum absolute atomic E-state index is 0.493. The highest BCUT2D eigenvalue weighted by Gasteiger charge is 2.37. The molecule has 2 nitrogen and oxygen atoms in total. The fourth-order valence-electron chi connectivity index (χ4n) is 1.76. The molecule has 15 heavy (non-hydrogen) atoms. The Morgan fingerprint density at radius 2 is 2.00 bits per heavy atom. The van der Waals surface area contributed by atoms with Gasteiger partial charge in [0.15, 0.2) is 5.79 Å². The van der Waals surface area contributed by atoms with Crippen molar-refractivity contribution < 1.29 is 9.47 Å². The van der Waals surface area contributed by atoms with Crippen LogP contribution in [0.5, 0.6) is 0 Å². The molecule has 0 unspecified atom stereocenters. The molecule has 0 aliphatic carbocycles. The van der Waals surface area contributed by atoms with Crippen LogP contribution < -0.4 is 0 Å². The van der Waals surface area contributed by atoms with Gasteiger partial charge in [-0.2, -0.15) is 0 Å². The lowest BCUT2D eigenvalue weighted by atomic mass is 10.0. The zero-order valence-corrected chi connectivity index (χ0v) is 9.72. The van der Waals surface area contributed by atoms with Gasteiger partial charge < -0.3 is 9.47 Å². The molecule has 4 heteroatoms. The second-order valence-corrected chi connectivity index (χ2v) is 4.21. The third-order valence-electron chi connectivity index (χ3n) is 2.44. The number of benzene rings is 1. The van der Waals surface area contributed by atoms with Crippen molar-refractivity contribution in [1.82, 2.24) is 0 Å². The van der Waals surface area contributed by atoms with E-state index in [9.17, 15) is 0 Å². The van der Waals surface area contributed by atoms with E-state index in [4.69, 9.17) is 32.7 Å². The molecule has 0 atom stereocenters. The van der Waals surface area contributed by atoms with Gasteiger partial charge in [0.2, 0.25) is 0 Å². The predicted octanol–water partition coefficient (Wildman–Crippen LogP) is 3.17. The van der Waals surface area contributed by atoms with E-state index in [-0.39, 0.29) is 0 Å². The van der Waals surface area contributed by atoms with Crippen molar-refractivity contribution in [3.05, 3.63) is 34.9 Å². The monoisotopic (exact) mass is 246 g/mol. The van der Waals surface area contributed by atoms with E-state index in [1.807, 2.05) is 24.3 Å². The maximum absolute atomic E-state index is 5.94. The zero-order valence-electron chi connectivity index (χ0n) is 8.21. The van der Waals surface area contributed by atoms with Crippen molar-refractivity contribution in [3.8, 4) is 0 Å².